The van der Waals surface area contributed by atoms with Crippen LogP contribution in [0.25, 0.3) is 10.9 Å². The second kappa shape index (κ2) is 8.60. The normalized spacial score (nSPS) is 15.5. The van der Waals surface area contributed by atoms with E-state index in [1.807, 2.05) is 39.0 Å². The maximum atomic E-state index is 12.7. The molecule has 1 aliphatic heterocycles. The largest absolute Gasteiger partial charge is 0.360 e. The van der Waals surface area contributed by atoms with Crippen LogP contribution in [0, 0.1) is 27.7 Å². The van der Waals surface area contributed by atoms with Crippen LogP contribution in [0.1, 0.15) is 22.6 Å². The van der Waals surface area contributed by atoms with Gasteiger partial charge in [0.05, 0.1) is 24.3 Å². The fraction of sp³-hybridized carbons (Fsp3) is 0.455. The molecule has 2 aromatic heterocycles. The van der Waals surface area contributed by atoms with E-state index in [0.29, 0.717) is 29.9 Å². The topological polar surface area (TPSA) is 96.5 Å². The van der Waals surface area contributed by atoms with E-state index in [2.05, 4.69) is 25.4 Å². The number of para-hydroxylation sites is 1. The number of carbonyl (C=O) groups excluding carboxylic acids is 1. The van der Waals surface area contributed by atoms with Crippen molar-refractivity contribution in [2.24, 2.45) is 0 Å². The standard InChI is InChI=1S/C22H28N6O3/c1-14-6-5-7-15(2)20(14)23-18(29)12-26-8-10-27(11-9-26)13-28-22(30)21-19(16(3)24-28)17(4)31-25-21/h5-7H,8-13H2,1-4H3,(H,23,29). The van der Waals surface area contributed by atoms with Crippen molar-refractivity contribution in [1.82, 2.24) is 24.7 Å². The summed E-state index contributed by atoms with van der Waals surface area (Å²) in [6.45, 7) is 11.4. The molecule has 164 valence electrons. The molecule has 1 N–H and O–H groups in total. The van der Waals surface area contributed by atoms with E-state index in [4.69, 9.17) is 4.52 Å². The number of carbonyl (C=O) groups is 1. The highest BCUT2D eigenvalue weighted by Gasteiger charge is 2.22. The van der Waals surface area contributed by atoms with Gasteiger partial charge in [-0.25, -0.2) is 4.68 Å². The molecule has 0 spiro atoms. The first-order chi connectivity index (χ1) is 14.8. The molecule has 1 amide bonds. The van der Waals surface area contributed by atoms with Crippen LogP contribution in [0.15, 0.2) is 27.5 Å². The first-order valence-electron chi connectivity index (χ1n) is 10.5. The fourth-order valence-corrected chi connectivity index (χ4v) is 4.11. The number of nitrogens with zero attached hydrogens (tertiary/aromatic N) is 5. The first kappa shape index (κ1) is 21.2. The van der Waals surface area contributed by atoms with Gasteiger partial charge >= 0.3 is 0 Å². The minimum atomic E-state index is -0.243. The molecule has 9 heteroatoms. The van der Waals surface area contributed by atoms with Crippen LogP contribution in [-0.4, -0.2) is 63.4 Å². The highest BCUT2D eigenvalue weighted by atomic mass is 16.5. The highest BCUT2D eigenvalue weighted by Crippen LogP contribution is 2.19. The van der Waals surface area contributed by atoms with Gasteiger partial charge < -0.3 is 9.84 Å². The Kier molecular flexibility index (Phi) is 5.88. The monoisotopic (exact) mass is 424 g/mol. The van der Waals surface area contributed by atoms with E-state index >= 15 is 0 Å². The Morgan fingerprint density at radius 2 is 1.71 bits per heavy atom. The Balaban J connectivity index is 1.34. The molecule has 3 aromatic rings. The SMILES string of the molecule is Cc1cccc(C)c1NC(=O)CN1CCN(Cn2nc(C)c3c(C)onc3c2=O)CC1. The summed E-state index contributed by atoms with van der Waals surface area (Å²) in [5.41, 5.74) is 3.83. The average Bonchev–Trinajstić information content (AvgIpc) is 3.13. The number of piperazine rings is 1. The summed E-state index contributed by atoms with van der Waals surface area (Å²) in [5.74, 6) is 0.600. The molecular weight excluding hydrogens is 396 g/mol. The predicted molar refractivity (Wildman–Crippen MR) is 118 cm³/mol. The Hall–Kier alpha value is -3.04. The van der Waals surface area contributed by atoms with Crippen LogP contribution in [0.3, 0.4) is 0 Å². The lowest BCUT2D eigenvalue weighted by molar-refractivity contribution is -0.117. The van der Waals surface area contributed by atoms with Gasteiger partial charge in [0.25, 0.3) is 5.56 Å². The Labute approximate surface area is 180 Å². The number of anilines is 1. The zero-order valence-corrected chi connectivity index (χ0v) is 18.4. The lowest BCUT2D eigenvalue weighted by Gasteiger charge is -2.34. The number of fused-ring (bicyclic) bond motifs is 1. The second-order valence-corrected chi connectivity index (χ2v) is 8.20. The van der Waals surface area contributed by atoms with Crippen molar-refractivity contribution in [2.75, 3.05) is 38.0 Å². The van der Waals surface area contributed by atoms with Crippen molar-refractivity contribution in [2.45, 2.75) is 34.4 Å². The van der Waals surface area contributed by atoms with Gasteiger partial charge in [0, 0.05) is 31.9 Å². The van der Waals surface area contributed by atoms with Crippen molar-refractivity contribution >= 4 is 22.5 Å². The maximum absolute atomic E-state index is 12.7. The molecule has 1 saturated heterocycles. The Bertz CT molecular complexity index is 1150. The molecular formula is C22H28N6O3. The van der Waals surface area contributed by atoms with E-state index in [1.54, 1.807) is 6.92 Å². The molecule has 0 atom stereocenters. The molecule has 0 unspecified atom stereocenters. The molecule has 0 bridgehead atoms. The quantitative estimate of drug-likeness (QED) is 0.667. The minimum Gasteiger partial charge on any atom is -0.360 e. The lowest BCUT2D eigenvalue weighted by Crippen LogP contribution is -2.49. The molecule has 4 rings (SSSR count). The summed E-state index contributed by atoms with van der Waals surface area (Å²) in [6.07, 6.45) is 0. The number of rotatable bonds is 5. The second-order valence-electron chi connectivity index (χ2n) is 8.20. The van der Waals surface area contributed by atoms with Gasteiger partial charge in [-0.1, -0.05) is 23.4 Å². The number of amides is 1. The Morgan fingerprint density at radius 3 is 2.39 bits per heavy atom. The van der Waals surface area contributed by atoms with Crippen molar-refractivity contribution in [3.63, 3.8) is 0 Å². The average molecular weight is 425 g/mol. The zero-order chi connectivity index (χ0) is 22.1. The van der Waals surface area contributed by atoms with Crippen LogP contribution in [0.4, 0.5) is 5.69 Å². The summed E-state index contributed by atoms with van der Waals surface area (Å²) in [6, 6.07) is 5.98. The van der Waals surface area contributed by atoms with Crippen LogP contribution in [0.5, 0.6) is 0 Å². The number of hydrogen-bond acceptors (Lipinski definition) is 7. The van der Waals surface area contributed by atoms with Gasteiger partial charge in [0.1, 0.15) is 5.76 Å². The fourth-order valence-electron chi connectivity index (χ4n) is 4.11. The minimum absolute atomic E-state index is 0.00813. The summed E-state index contributed by atoms with van der Waals surface area (Å²) in [5, 5.41) is 12.1. The van der Waals surface area contributed by atoms with E-state index in [1.165, 1.54) is 4.68 Å². The summed E-state index contributed by atoms with van der Waals surface area (Å²) in [4.78, 5) is 29.5. The van der Waals surface area contributed by atoms with E-state index in [0.717, 1.165) is 48.7 Å². The third-order valence-corrected chi connectivity index (χ3v) is 5.84. The van der Waals surface area contributed by atoms with Gasteiger partial charge in [0.2, 0.25) is 5.91 Å². The number of aryl methyl sites for hydroxylation is 4. The van der Waals surface area contributed by atoms with Crippen molar-refractivity contribution in [3.8, 4) is 0 Å². The van der Waals surface area contributed by atoms with Gasteiger partial charge in [-0.2, -0.15) is 5.10 Å². The molecule has 0 aliphatic carbocycles. The first-order valence-corrected chi connectivity index (χ1v) is 10.5. The van der Waals surface area contributed by atoms with Crippen molar-refractivity contribution in [1.29, 1.82) is 0 Å². The van der Waals surface area contributed by atoms with Gasteiger partial charge in [-0.3, -0.25) is 19.4 Å². The number of nitrogens with one attached hydrogen (secondary N) is 1. The number of aromatic nitrogens is 3. The third-order valence-electron chi connectivity index (χ3n) is 5.84. The van der Waals surface area contributed by atoms with Crippen LogP contribution < -0.4 is 10.9 Å². The van der Waals surface area contributed by atoms with Gasteiger partial charge in [-0.15, -0.1) is 0 Å². The van der Waals surface area contributed by atoms with Crippen molar-refractivity contribution < 1.29 is 9.32 Å². The number of benzene rings is 1. The molecule has 0 radical (unpaired) electrons. The van der Waals surface area contributed by atoms with Crippen molar-refractivity contribution in [3.05, 3.63) is 51.1 Å². The molecule has 1 fully saturated rings. The van der Waals surface area contributed by atoms with Gasteiger partial charge in [-0.05, 0) is 38.8 Å². The zero-order valence-electron chi connectivity index (χ0n) is 18.4. The smallest absolute Gasteiger partial charge is 0.298 e. The summed E-state index contributed by atoms with van der Waals surface area (Å²) in [7, 11) is 0. The predicted octanol–water partition coefficient (Wildman–Crippen LogP) is 1.83. The van der Waals surface area contributed by atoms with Crippen LogP contribution >= 0.6 is 0 Å². The molecule has 31 heavy (non-hydrogen) atoms. The molecule has 9 nitrogen and oxygen atoms in total. The van der Waals surface area contributed by atoms with E-state index < -0.39 is 0 Å². The molecule has 1 aromatic carbocycles. The molecule has 0 saturated carbocycles. The van der Waals surface area contributed by atoms with E-state index in [9.17, 15) is 9.59 Å². The molecule has 3 heterocycles. The van der Waals surface area contributed by atoms with Gasteiger partial charge in [0.15, 0.2) is 5.52 Å². The Morgan fingerprint density at radius 1 is 1.06 bits per heavy atom. The summed E-state index contributed by atoms with van der Waals surface area (Å²) < 4.78 is 6.62. The maximum Gasteiger partial charge on any atom is 0.298 e. The third kappa shape index (κ3) is 4.38. The van der Waals surface area contributed by atoms with Crippen LogP contribution in [-0.2, 0) is 11.5 Å². The number of hydrogen-bond donors (Lipinski definition) is 1. The van der Waals surface area contributed by atoms with E-state index in [-0.39, 0.29) is 11.5 Å². The van der Waals surface area contributed by atoms with Crippen LogP contribution in [0.2, 0.25) is 0 Å². The highest BCUT2D eigenvalue weighted by molar-refractivity contribution is 5.93. The summed E-state index contributed by atoms with van der Waals surface area (Å²) >= 11 is 0. The lowest BCUT2D eigenvalue weighted by atomic mass is 10.1. The molecule has 1 aliphatic rings.